The van der Waals surface area contributed by atoms with Crippen molar-refractivity contribution in [2.24, 2.45) is 11.5 Å². The largest absolute Gasteiger partial charge is 0.481 e. The topological polar surface area (TPSA) is 306 Å². The van der Waals surface area contributed by atoms with Crippen LogP contribution in [-0.4, -0.2) is 92.1 Å². The van der Waals surface area contributed by atoms with Gasteiger partial charge in [0.1, 0.15) is 18.1 Å². The molecule has 4 atom stereocenters. The first-order valence-electron chi connectivity index (χ1n) is 9.47. The van der Waals surface area contributed by atoms with Gasteiger partial charge in [-0.25, -0.2) is 4.79 Å². The van der Waals surface area contributed by atoms with E-state index in [0.717, 1.165) is 0 Å². The molecule has 0 aliphatic rings. The van der Waals surface area contributed by atoms with Crippen molar-refractivity contribution in [3.63, 3.8) is 0 Å². The number of carbonyl (C=O) groups is 8. The Kier molecular flexibility index (Phi) is 12.2. The lowest BCUT2D eigenvalue weighted by Crippen LogP contribution is -2.58. The van der Waals surface area contributed by atoms with E-state index in [9.17, 15) is 38.4 Å². The lowest BCUT2D eigenvalue weighted by Gasteiger charge is -2.23. The van der Waals surface area contributed by atoms with Crippen LogP contribution in [0.5, 0.6) is 0 Å². The molecule has 0 aromatic heterocycles. The molecule has 0 fully saturated rings. The van der Waals surface area contributed by atoms with Gasteiger partial charge in [0.25, 0.3) is 0 Å². The molecule has 4 unspecified atom stereocenters. The SMILES string of the molecule is NC(=O)CC(NC(=O)C(CC(=O)O)NC(=O)C(CC(=O)O)NC(=O)C(N)CCC(=O)O)C(=O)O. The maximum Gasteiger partial charge on any atom is 0.326 e. The van der Waals surface area contributed by atoms with Crippen molar-refractivity contribution in [2.75, 3.05) is 0 Å². The highest BCUT2D eigenvalue weighted by molar-refractivity contribution is 5.97. The van der Waals surface area contributed by atoms with Crippen LogP contribution < -0.4 is 27.4 Å². The summed E-state index contributed by atoms with van der Waals surface area (Å²) in [6.07, 6.45) is -3.79. The van der Waals surface area contributed by atoms with E-state index in [0.29, 0.717) is 0 Å². The van der Waals surface area contributed by atoms with Crippen LogP contribution in [0.4, 0.5) is 0 Å². The van der Waals surface area contributed by atoms with E-state index in [1.165, 1.54) is 0 Å². The van der Waals surface area contributed by atoms with E-state index in [1.807, 2.05) is 16.0 Å². The number of nitrogens with one attached hydrogen (secondary N) is 3. The fourth-order valence-electron chi connectivity index (χ4n) is 2.40. The Labute approximate surface area is 190 Å². The molecule has 0 saturated carbocycles. The molecule has 0 spiro atoms. The first-order valence-corrected chi connectivity index (χ1v) is 9.47. The Hall–Kier alpha value is -4.28. The third-order valence-corrected chi connectivity index (χ3v) is 4.05. The lowest BCUT2D eigenvalue weighted by molar-refractivity contribution is -0.145. The van der Waals surface area contributed by atoms with Gasteiger partial charge in [0.05, 0.1) is 25.3 Å². The van der Waals surface area contributed by atoms with Gasteiger partial charge in [0.2, 0.25) is 23.6 Å². The number of nitrogens with two attached hydrogens (primary N) is 2. The van der Waals surface area contributed by atoms with Crippen LogP contribution >= 0.6 is 0 Å². The fraction of sp³-hybridized carbons (Fsp3) is 0.529. The zero-order chi connectivity index (χ0) is 26.6. The van der Waals surface area contributed by atoms with Crippen LogP contribution in [-0.2, 0) is 38.4 Å². The molecule has 0 aliphatic carbocycles. The number of carbonyl (C=O) groups excluding carboxylic acids is 4. The quantitative estimate of drug-likeness (QED) is 0.0984. The average Bonchev–Trinajstić information content (AvgIpc) is 2.68. The third kappa shape index (κ3) is 11.9. The van der Waals surface area contributed by atoms with Gasteiger partial charge in [-0.3, -0.25) is 33.6 Å². The summed E-state index contributed by atoms with van der Waals surface area (Å²) in [4.78, 5) is 91.8. The molecule has 0 saturated heterocycles. The van der Waals surface area contributed by atoms with Crippen LogP contribution in [0.25, 0.3) is 0 Å². The predicted octanol–water partition coefficient (Wildman–Crippen LogP) is -4.46. The van der Waals surface area contributed by atoms with Gasteiger partial charge in [-0.05, 0) is 6.42 Å². The summed E-state index contributed by atoms with van der Waals surface area (Å²) in [6, 6.07) is -7.07. The van der Waals surface area contributed by atoms with Gasteiger partial charge in [-0.2, -0.15) is 0 Å². The van der Waals surface area contributed by atoms with Crippen molar-refractivity contribution in [2.45, 2.75) is 56.3 Å². The fourth-order valence-corrected chi connectivity index (χ4v) is 2.40. The molecule has 34 heavy (non-hydrogen) atoms. The van der Waals surface area contributed by atoms with Crippen LogP contribution in [0.15, 0.2) is 0 Å². The Morgan fingerprint density at radius 1 is 0.618 bits per heavy atom. The standard InChI is InChI=1S/C17H25N5O12/c18-6(1-2-11(24)25)14(30)20-7(4-12(26)27)15(31)21-8(5-13(28)29)16(32)22-9(17(33)34)3-10(19)23/h6-9H,1-5,18H2,(H2,19,23)(H,20,30)(H,21,31)(H,22,32)(H,24,25)(H,26,27)(H,28,29)(H,33,34). The molecule has 0 heterocycles. The number of rotatable bonds is 16. The van der Waals surface area contributed by atoms with Gasteiger partial charge in [-0.15, -0.1) is 0 Å². The van der Waals surface area contributed by atoms with Crippen molar-refractivity contribution in [3.8, 4) is 0 Å². The maximum atomic E-state index is 12.5. The molecule has 0 radical (unpaired) electrons. The highest BCUT2D eigenvalue weighted by Crippen LogP contribution is 2.03. The highest BCUT2D eigenvalue weighted by Gasteiger charge is 2.33. The number of hydrogen-bond acceptors (Lipinski definition) is 9. The van der Waals surface area contributed by atoms with Gasteiger partial charge in [0.15, 0.2) is 0 Å². The summed E-state index contributed by atoms with van der Waals surface area (Å²) in [5.41, 5.74) is 10.4. The second-order valence-corrected chi connectivity index (χ2v) is 6.93. The number of carboxylic acids is 4. The second kappa shape index (κ2) is 14.0. The van der Waals surface area contributed by atoms with Gasteiger partial charge < -0.3 is 47.8 Å². The monoisotopic (exact) mass is 491 g/mol. The summed E-state index contributed by atoms with van der Waals surface area (Å²) in [6.45, 7) is 0. The predicted molar refractivity (Wildman–Crippen MR) is 107 cm³/mol. The number of amides is 4. The van der Waals surface area contributed by atoms with Crippen LogP contribution in [0.3, 0.4) is 0 Å². The molecule has 0 aliphatic heterocycles. The normalized spacial score (nSPS) is 13.9. The van der Waals surface area contributed by atoms with Crippen LogP contribution in [0, 0.1) is 0 Å². The molecule has 0 aromatic rings. The summed E-state index contributed by atoms with van der Waals surface area (Å²) in [5, 5.41) is 41.3. The van der Waals surface area contributed by atoms with Crippen LogP contribution in [0.1, 0.15) is 32.1 Å². The molecule has 17 nitrogen and oxygen atoms in total. The van der Waals surface area contributed by atoms with Gasteiger partial charge >= 0.3 is 23.9 Å². The van der Waals surface area contributed by atoms with E-state index >= 15 is 0 Å². The van der Waals surface area contributed by atoms with Crippen molar-refractivity contribution < 1.29 is 58.8 Å². The van der Waals surface area contributed by atoms with E-state index in [-0.39, 0.29) is 6.42 Å². The maximum absolute atomic E-state index is 12.5. The van der Waals surface area contributed by atoms with Crippen molar-refractivity contribution >= 4 is 47.5 Å². The Balaban J connectivity index is 5.54. The average molecular weight is 491 g/mol. The lowest BCUT2D eigenvalue weighted by atomic mass is 10.1. The van der Waals surface area contributed by atoms with E-state index < -0.39 is 97.4 Å². The first kappa shape index (κ1) is 29.7. The molecular formula is C17H25N5O12. The Bertz CT molecular complexity index is 845. The Morgan fingerprint density at radius 3 is 1.38 bits per heavy atom. The number of aliphatic carboxylic acids is 4. The molecule has 11 N–H and O–H groups in total. The van der Waals surface area contributed by atoms with Crippen molar-refractivity contribution in [3.05, 3.63) is 0 Å². The third-order valence-electron chi connectivity index (χ3n) is 4.05. The minimum absolute atomic E-state index is 0.344. The molecular weight excluding hydrogens is 466 g/mol. The van der Waals surface area contributed by atoms with Crippen molar-refractivity contribution in [1.29, 1.82) is 0 Å². The van der Waals surface area contributed by atoms with Gasteiger partial charge in [0, 0.05) is 6.42 Å². The molecule has 17 heteroatoms. The number of primary amides is 1. The Morgan fingerprint density at radius 2 is 1.03 bits per heavy atom. The summed E-state index contributed by atoms with van der Waals surface area (Å²) in [5.74, 6) is -11.0. The smallest absolute Gasteiger partial charge is 0.326 e. The summed E-state index contributed by atoms with van der Waals surface area (Å²) >= 11 is 0. The highest BCUT2D eigenvalue weighted by atomic mass is 16.4. The first-order chi connectivity index (χ1) is 15.6. The molecule has 4 amide bonds. The summed E-state index contributed by atoms with van der Waals surface area (Å²) < 4.78 is 0. The summed E-state index contributed by atoms with van der Waals surface area (Å²) in [7, 11) is 0. The van der Waals surface area contributed by atoms with Crippen molar-refractivity contribution in [1.82, 2.24) is 16.0 Å². The zero-order valence-electron chi connectivity index (χ0n) is 17.6. The second-order valence-electron chi connectivity index (χ2n) is 6.93. The minimum atomic E-state index is -1.94. The number of carboxylic acid groups (broad SMARTS) is 4. The molecule has 0 aromatic carbocycles. The van der Waals surface area contributed by atoms with E-state index in [4.69, 9.17) is 31.9 Å². The minimum Gasteiger partial charge on any atom is -0.481 e. The molecule has 0 rings (SSSR count). The number of hydrogen-bond donors (Lipinski definition) is 9. The van der Waals surface area contributed by atoms with Crippen LogP contribution in [0.2, 0.25) is 0 Å². The van der Waals surface area contributed by atoms with Gasteiger partial charge in [-0.1, -0.05) is 0 Å². The molecule has 0 bridgehead atoms. The zero-order valence-corrected chi connectivity index (χ0v) is 17.6. The molecule has 190 valence electrons. The van der Waals surface area contributed by atoms with E-state index in [2.05, 4.69) is 0 Å². The van der Waals surface area contributed by atoms with E-state index in [1.54, 1.807) is 0 Å².